The molecule has 0 radical (unpaired) electrons. The summed E-state index contributed by atoms with van der Waals surface area (Å²) in [4.78, 5) is 2.43. The van der Waals surface area contributed by atoms with E-state index in [0.717, 1.165) is 18.7 Å². The van der Waals surface area contributed by atoms with Crippen LogP contribution in [-0.2, 0) is 6.42 Å². The van der Waals surface area contributed by atoms with Crippen LogP contribution in [0.2, 0.25) is 0 Å². The Bertz CT molecular complexity index is 460. The SMILES string of the molecule is CC(C)CCN(CCC(C)C)c1ccc(N)c(CC#N)c1. The number of nitrogens with two attached hydrogens (primary N) is 1. The van der Waals surface area contributed by atoms with Crippen LogP contribution >= 0.6 is 0 Å². The third-order valence-corrected chi connectivity index (χ3v) is 3.71. The maximum atomic E-state index is 8.91. The summed E-state index contributed by atoms with van der Waals surface area (Å²) in [6.07, 6.45) is 2.73. The summed E-state index contributed by atoms with van der Waals surface area (Å²) < 4.78 is 0. The van der Waals surface area contributed by atoms with Crippen molar-refractivity contribution >= 4 is 11.4 Å². The van der Waals surface area contributed by atoms with E-state index in [1.165, 1.54) is 18.5 Å². The van der Waals surface area contributed by atoms with Gasteiger partial charge in [-0.15, -0.1) is 0 Å². The molecule has 0 aromatic heterocycles. The molecule has 0 spiro atoms. The number of rotatable bonds is 8. The van der Waals surface area contributed by atoms with Crippen LogP contribution in [0.4, 0.5) is 11.4 Å². The molecule has 0 aliphatic rings. The maximum absolute atomic E-state index is 8.91. The van der Waals surface area contributed by atoms with Gasteiger partial charge < -0.3 is 10.6 Å². The van der Waals surface area contributed by atoms with Gasteiger partial charge in [0.15, 0.2) is 0 Å². The first-order chi connectivity index (χ1) is 9.93. The fraction of sp³-hybridized carbons (Fsp3) is 0.611. The average Bonchev–Trinajstić information content (AvgIpc) is 2.41. The van der Waals surface area contributed by atoms with Gasteiger partial charge in [-0.1, -0.05) is 27.7 Å². The molecule has 0 aliphatic carbocycles. The summed E-state index contributed by atoms with van der Waals surface area (Å²) in [5.41, 5.74) is 8.80. The molecule has 1 rings (SSSR count). The van der Waals surface area contributed by atoms with Crippen molar-refractivity contribution < 1.29 is 0 Å². The van der Waals surface area contributed by atoms with Crippen LogP contribution in [-0.4, -0.2) is 13.1 Å². The Morgan fingerprint density at radius 3 is 2.14 bits per heavy atom. The van der Waals surface area contributed by atoms with Crippen molar-refractivity contribution in [3.8, 4) is 6.07 Å². The lowest BCUT2D eigenvalue weighted by atomic mass is 10.1. The normalized spacial score (nSPS) is 10.9. The predicted octanol–water partition coefficient (Wildman–Crippen LogP) is 4.23. The monoisotopic (exact) mass is 287 g/mol. The number of benzene rings is 1. The lowest BCUT2D eigenvalue weighted by Gasteiger charge is -2.27. The molecule has 3 heteroatoms. The van der Waals surface area contributed by atoms with Gasteiger partial charge in [0.2, 0.25) is 0 Å². The molecule has 0 amide bonds. The van der Waals surface area contributed by atoms with E-state index in [-0.39, 0.29) is 0 Å². The summed E-state index contributed by atoms with van der Waals surface area (Å²) in [6.45, 7) is 11.1. The van der Waals surface area contributed by atoms with E-state index in [1.54, 1.807) is 0 Å². The van der Waals surface area contributed by atoms with E-state index >= 15 is 0 Å². The van der Waals surface area contributed by atoms with Gasteiger partial charge in [0.1, 0.15) is 0 Å². The maximum Gasteiger partial charge on any atom is 0.0670 e. The highest BCUT2D eigenvalue weighted by molar-refractivity contribution is 5.59. The Hall–Kier alpha value is -1.69. The molecule has 0 unspecified atom stereocenters. The number of anilines is 2. The minimum absolute atomic E-state index is 0.377. The fourth-order valence-corrected chi connectivity index (χ4v) is 2.23. The highest BCUT2D eigenvalue weighted by Gasteiger charge is 2.10. The first-order valence-electron chi connectivity index (χ1n) is 7.94. The minimum Gasteiger partial charge on any atom is -0.398 e. The summed E-state index contributed by atoms with van der Waals surface area (Å²) in [5.74, 6) is 1.39. The van der Waals surface area contributed by atoms with Gasteiger partial charge in [0.05, 0.1) is 12.5 Å². The van der Waals surface area contributed by atoms with Gasteiger partial charge in [0, 0.05) is 24.5 Å². The van der Waals surface area contributed by atoms with Gasteiger partial charge in [0.25, 0.3) is 0 Å². The molecule has 0 atom stereocenters. The highest BCUT2D eigenvalue weighted by Crippen LogP contribution is 2.23. The zero-order valence-electron chi connectivity index (χ0n) is 13.9. The van der Waals surface area contributed by atoms with Crippen LogP contribution in [0.1, 0.15) is 46.1 Å². The third-order valence-electron chi connectivity index (χ3n) is 3.71. The van der Waals surface area contributed by atoms with E-state index in [4.69, 9.17) is 11.0 Å². The zero-order valence-corrected chi connectivity index (χ0v) is 13.9. The molecule has 1 aromatic carbocycles. The van der Waals surface area contributed by atoms with Crippen LogP contribution in [0.15, 0.2) is 18.2 Å². The molecule has 116 valence electrons. The van der Waals surface area contributed by atoms with Crippen molar-refractivity contribution in [3.63, 3.8) is 0 Å². The summed E-state index contributed by atoms with van der Waals surface area (Å²) in [7, 11) is 0. The zero-order chi connectivity index (χ0) is 15.8. The first-order valence-corrected chi connectivity index (χ1v) is 7.94. The van der Waals surface area contributed by atoms with E-state index in [1.807, 2.05) is 6.07 Å². The topological polar surface area (TPSA) is 53.0 Å². The lowest BCUT2D eigenvalue weighted by molar-refractivity contribution is 0.535. The minimum atomic E-state index is 0.377. The van der Waals surface area contributed by atoms with Gasteiger partial charge >= 0.3 is 0 Å². The van der Waals surface area contributed by atoms with Gasteiger partial charge in [-0.25, -0.2) is 0 Å². The highest BCUT2D eigenvalue weighted by atomic mass is 15.1. The Morgan fingerprint density at radius 2 is 1.67 bits per heavy atom. The van der Waals surface area contributed by atoms with Crippen LogP contribution < -0.4 is 10.6 Å². The second-order valence-electron chi connectivity index (χ2n) is 6.57. The fourth-order valence-electron chi connectivity index (χ4n) is 2.23. The molecule has 0 saturated heterocycles. The summed E-state index contributed by atoms with van der Waals surface area (Å²) in [5, 5.41) is 8.91. The number of nitrogens with zero attached hydrogens (tertiary/aromatic N) is 2. The quantitative estimate of drug-likeness (QED) is 0.728. The number of nitriles is 1. The molecule has 0 saturated carbocycles. The summed E-state index contributed by atoms with van der Waals surface area (Å²) >= 11 is 0. The van der Waals surface area contributed by atoms with Gasteiger partial charge in [-0.3, -0.25) is 0 Å². The molecule has 0 aliphatic heterocycles. The second-order valence-corrected chi connectivity index (χ2v) is 6.57. The van der Waals surface area contributed by atoms with Crippen molar-refractivity contribution in [3.05, 3.63) is 23.8 Å². The van der Waals surface area contributed by atoms with E-state index < -0.39 is 0 Å². The smallest absolute Gasteiger partial charge is 0.0670 e. The predicted molar refractivity (Wildman–Crippen MR) is 91.3 cm³/mol. The lowest BCUT2D eigenvalue weighted by Crippen LogP contribution is -2.27. The Labute approximate surface area is 129 Å². The van der Waals surface area contributed by atoms with Crippen molar-refractivity contribution in [1.82, 2.24) is 0 Å². The largest absolute Gasteiger partial charge is 0.398 e. The molecule has 1 aromatic rings. The molecule has 21 heavy (non-hydrogen) atoms. The van der Waals surface area contributed by atoms with E-state index in [9.17, 15) is 0 Å². The first kappa shape index (κ1) is 17.4. The number of nitrogen functional groups attached to an aromatic ring is 1. The van der Waals surface area contributed by atoms with Crippen LogP contribution in [0.25, 0.3) is 0 Å². The van der Waals surface area contributed by atoms with Crippen molar-refractivity contribution in [2.24, 2.45) is 11.8 Å². The van der Waals surface area contributed by atoms with E-state index in [2.05, 4.69) is 50.8 Å². The number of hydrogen-bond donors (Lipinski definition) is 1. The molecular weight excluding hydrogens is 258 g/mol. The van der Waals surface area contributed by atoms with Gasteiger partial charge in [-0.05, 0) is 48.4 Å². The standard InChI is InChI=1S/C18H29N3/c1-14(2)8-11-21(12-9-15(3)4)17-5-6-18(20)16(13-17)7-10-19/h5-6,13-15H,7-9,11-12,20H2,1-4H3. The Kier molecular flexibility index (Phi) is 7.08. The Morgan fingerprint density at radius 1 is 1.10 bits per heavy atom. The van der Waals surface area contributed by atoms with Crippen LogP contribution in [0, 0.1) is 23.2 Å². The third kappa shape index (κ3) is 6.08. The molecule has 0 heterocycles. The molecule has 3 nitrogen and oxygen atoms in total. The van der Waals surface area contributed by atoms with Crippen LogP contribution in [0.3, 0.4) is 0 Å². The average molecular weight is 287 g/mol. The molecule has 0 fully saturated rings. The van der Waals surface area contributed by atoms with Crippen molar-refractivity contribution in [2.45, 2.75) is 47.0 Å². The van der Waals surface area contributed by atoms with Crippen molar-refractivity contribution in [2.75, 3.05) is 23.7 Å². The van der Waals surface area contributed by atoms with Gasteiger partial charge in [-0.2, -0.15) is 5.26 Å². The van der Waals surface area contributed by atoms with Crippen molar-refractivity contribution in [1.29, 1.82) is 5.26 Å². The second kappa shape index (κ2) is 8.56. The molecule has 2 N–H and O–H groups in total. The molecule has 0 bridgehead atoms. The Balaban J connectivity index is 2.90. The molecular formula is C18H29N3. The summed E-state index contributed by atoms with van der Waals surface area (Å²) in [6, 6.07) is 8.29. The number of hydrogen-bond acceptors (Lipinski definition) is 3. The van der Waals surface area contributed by atoms with Crippen LogP contribution in [0.5, 0.6) is 0 Å². The van der Waals surface area contributed by atoms with E-state index in [0.29, 0.717) is 23.9 Å².